The fourth-order valence-electron chi connectivity index (χ4n) is 3.65. The Hall–Kier alpha value is -3.94. The molecule has 4 aromatic rings. The average Bonchev–Trinajstić information content (AvgIpc) is 3.51. The van der Waals surface area contributed by atoms with Crippen molar-refractivity contribution in [3.8, 4) is 0 Å². The Bertz CT molecular complexity index is 1090. The molecular formula is C26H30N8. The van der Waals surface area contributed by atoms with E-state index in [4.69, 9.17) is 0 Å². The Morgan fingerprint density at radius 3 is 1.38 bits per heavy atom. The van der Waals surface area contributed by atoms with Gasteiger partial charge in [0.05, 0.1) is 13.1 Å². The van der Waals surface area contributed by atoms with Crippen molar-refractivity contribution in [2.75, 3.05) is 0 Å². The predicted octanol–water partition coefficient (Wildman–Crippen LogP) is 4.39. The van der Waals surface area contributed by atoms with E-state index in [0.29, 0.717) is 13.1 Å². The lowest BCUT2D eigenvalue weighted by molar-refractivity contribution is 0.565. The topological polar surface area (TPSA) is 87.2 Å². The molecule has 2 aromatic heterocycles. The molecule has 0 spiro atoms. The zero-order valence-corrected chi connectivity index (χ0v) is 19.4. The van der Waals surface area contributed by atoms with E-state index in [9.17, 15) is 0 Å². The Morgan fingerprint density at radius 1 is 0.588 bits per heavy atom. The van der Waals surface area contributed by atoms with Crippen molar-refractivity contribution in [1.29, 1.82) is 0 Å². The lowest BCUT2D eigenvalue weighted by Gasteiger charge is -2.01. The van der Waals surface area contributed by atoms with Crippen LogP contribution in [0.3, 0.4) is 0 Å². The number of nitrogens with zero attached hydrogens (tertiary/aromatic N) is 8. The van der Waals surface area contributed by atoms with Gasteiger partial charge in [-0.05, 0) is 45.5 Å². The van der Waals surface area contributed by atoms with E-state index in [1.165, 1.54) is 0 Å². The van der Waals surface area contributed by atoms with Gasteiger partial charge in [0.1, 0.15) is 0 Å². The van der Waals surface area contributed by atoms with E-state index >= 15 is 0 Å². The molecule has 8 nitrogen and oxygen atoms in total. The second-order valence-electron chi connectivity index (χ2n) is 8.28. The molecule has 0 fully saturated rings. The van der Waals surface area contributed by atoms with Gasteiger partial charge in [-0.15, -0.1) is 20.4 Å². The van der Waals surface area contributed by atoms with Crippen molar-refractivity contribution >= 4 is 12.2 Å². The molecule has 2 aromatic carbocycles. The van der Waals surface area contributed by atoms with E-state index in [1.54, 1.807) is 9.59 Å². The molecule has 4 rings (SSSR count). The maximum Gasteiger partial charge on any atom is 0.174 e. The van der Waals surface area contributed by atoms with Gasteiger partial charge in [-0.25, -0.2) is 0 Å². The molecular weight excluding hydrogens is 424 g/mol. The van der Waals surface area contributed by atoms with Crippen molar-refractivity contribution in [3.63, 3.8) is 0 Å². The van der Waals surface area contributed by atoms with E-state index < -0.39 is 0 Å². The van der Waals surface area contributed by atoms with Gasteiger partial charge in [0.25, 0.3) is 0 Å². The van der Waals surface area contributed by atoms with Gasteiger partial charge in [-0.1, -0.05) is 86.7 Å². The van der Waals surface area contributed by atoms with Crippen LogP contribution in [0.25, 0.3) is 12.2 Å². The van der Waals surface area contributed by atoms with Gasteiger partial charge in [0.15, 0.2) is 11.6 Å². The zero-order chi connectivity index (χ0) is 23.6. The maximum atomic E-state index is 4.50. The van der Waals surface area contributed by atoms with Crippen LogP contribution in [0.15, 0.2) is 61.7 Å². The van der Waals surface area contributed by atoms with Crippen molar-refractivity contribution in [1.82, 2.24) is 40.4 Å². The summed E-state index contributed by atoms with van der Waals surface area (Å²) in [6.45, 7) is 8.80. The first kappa shape index (κ1) is 23.2. The third kappa shape index (κ3) is 6.78. The first-order valence-electron chi connectivity index (χ1n) is 11.7. The summed E-state index contributed by atoms with van der Waals surface area (Å²) in [6, 6.07) is 16.4. The van der Waals surface area contributed by atoms with Gasteiger partial charge >= 0.3 is 0 Å². The molecule has 0 N–H and O–H groups in total. The number of tetrazole rings is 2. The van der Waals surface area contributed by atoms with E-state index in [-0.39, 0.29) is 0 Å². The lowest BCUT2D eigenvalue weighted by atomic mass is 10.1. The van der Waals surface area contributed by atoms with Crippen LogP contribution in [0, 0.1) is 0 Å². The third-order valence-corrected chi connectivity index (χ3v) is 5.62. The fourth-order valence-corrected chi connectivity index (χ4v) is 3.65. The summed E-state index contributed by atoms with van der Waals surface area (Å²) < 4.78 is 0. The van der Waals surface area contributed by atoms with Gasteiger partial charge in [0, 0.05) is 12.8 Å². The molecule has 0 bridgehead atoms. The molecule has 0 aliphatic carbocycles. The minimum Gasteiger partial charge on any atom is -0.160 e. The van der Waals surface area contributed by atoms with Crippen LogP contribution in [-0.2, 0) is 25.9 Å². The molecule has 0 atom stereocenters. The van der Waals surface area contributed by atoms with Crippen LogP contribution in [0.2, 0.25) is 0 Å². The van der Waals surface area contributed by atoms with Gasteiger partial charge < -0.3 is 0 Å². The Labute approximate surface area is 200 Å². The lowest BCUT2D eigenvalue weighted by Crippen LogP contribution is -2.04. The Morgan fingerprint density at radius 2 is 1.00 bits per heavy atom. The molecule has 0 unspecified atom stereocenters. The number of benzene rings is 2. The van der Waals surface area contributed by atoms with Crippen LogP contribution >= 0.6 is 0 Å². The van der Waals surface area contributed by atoms with Crippen molar-refractivity contribution < 1.29 is 0 Å². The molecule has 0 aliphatic heterocycles. The predicted molar refractivity (Wildman–Crippen MR) is 133 cm³/mol. The summed E-state index contributed by atoms with van der Waals surface area (Å²) in [6.07, 6.45) is 9.66. The van der Waals surface area contributed by atoms with Crippen molar-refractivity contribution in [2.45, 2.75) is 51.6 Å². The average molecular weight is 455 g/mol. The van der Waals surface area contributed by atoms with Crippen LogP contribution in [0.5, 0.6) is 0 Å². The summed E-state index contributed by atoms with van der Waals surface area (Å²) >= 11 is 0. The Kier molecular flexibility index (Phi) is 8.05. The molecule has 0 aliphatic rings. The molecule has 8 heteroatoms. The molecule has 174 valence electrons. The van der Waals surface area contributed by atoms with E-state index in [1.807, 2.05) is 36.4 Å². The highest BCUT2D eigenvalue weighted by atomic mass is 15.6. The number of unbranched alkanes of at least 4 members (excludes halogenated alkanes) is 3. The molecule has 0 radical (unpaired) electrons. The quantitative estimate of drug-likeness (QED) is 0.279. The smallest absolute Gasteiger partial charge is 0.160 e. The SMILES string of the molecule is C=Cc1ccc(Cn2nnc(CCCCCCc3nnn(Cc4ccc(C=C)cc4)n3)n2)cc1. The Balaban J connectivity index is 1.12. The largest absolute Gasteiger partial charge is 0.174 e. The summed E-state index contributed by atoms with van der Waals surface area (Å²) in [5.41, 5.74) is 4.49. The van der Waals surface area contributed by atoms with Gasteiger partial charge in [-0.3, -0.25) is 0 Å². The minimum absolute atomic E-state index is 0.623. The van der Waals surface area contributed by atoms with Gasteiger partial charge in [-0.2, -0.15) is 9.59 Å². The first-order chi connectivity index (χ1) is 16.7. The summed E-state index contributed by atoms with van der Waals surface area (Å²) in [4.78, 5) is 3.31. The maximum absolute atomic E-state index is 4.50. The van der Waals surface area contributed by atoms with Crippen LogP contribution in [0.4, 0.5) is 0 Å². The molecule has 0 saturated heterocycles. The molecule has 2 heterocycles. The van der Waals surface area contributed by atoms with Gasteiger partial charge in [0.2, 0.25) is 0 Å². The number of aryl methyl sites for hydroxylation is 2. The second-order valence-corrected chi connectivity index (χ2v) is 8.28. The van der Waals surface area contributed by atoms with Crippen molar-refractivity contribution in [3.05, 3.63) is 95.6 Å². The first-order valence-corrected chi connectivity index (χ1v) is 11.7. The molecule has 0 saturated carbocycles. The minimum atomic E-state index is 0.623. The standard InChI is InChI=1S/C26H30N8/c1-3-21-11-15-23(16-12-21)19-33-29-25(27-31-33)9-7-5-6-8-10-26-28-32-34(30-26)20-24-17-13-22(4-2)14-18-24/h3-4,11-18H,1-2,5-10,19-20H2. The summed E-state index contributed by atoms with van der Waals surface area (Å²) in [7, 11) is 0. The highest BCUT2D eigenvalue weighted by molar-refractivity contribution is 5.47. The van der Waals surface area contributed by atoms with E-state index in [2.05, 4.69) is 68.2 Å². The number of rotatable bonds is 13. The monoisotopic (exact) mass is 454 g/mol. The third-order valence-electron chi connectivity index (χ3n) is 5.62. The second kappa shape index (κ2) is 11.8. The van der Waals surface area contributed by atoms with Crippen LogP contribution in [0.1, 0.15) is 59.6 Å². The van der Waals surface area contributed by atoms with E-state index in [0.717, 1.165) is 72.4 Å². The number of hydrogen-bond donors (Lipinski definition) is 0. The highest BCUT2D eigenvalue weighted by Crippen LogP contribution is 2.09. The number of aromatic nitrogens is 8. The van der Waals surface area contributed by atoms with Crippen molar-refractivity contribution in [2.24, 2.45) is 0 Å². The summed E-state index contributed by atoms with van der Waals surface area (Å²) in [5, 5.41) is 25.7. The highest BCUT2D eigenvalue weighted by Gasteiger charge is 2.06. The van der Waals surface area contributed by atoms with Crippen LogP contribution in [-0.4, -0.2) is 40.4 Å². The van der Waals surface area contributed by atoms with Crippen LogP contribution < -0.4 is 0 Å². The fraction of sp³-hybridized carbons (Fsp3) is 0.308. The molecule has 0 amide bonds. The normalized spacial score (nSPS) is 10.9. The number of hydrogen-bond acceptors (Lipinski definition) is 6. The summed E-state index contributed by atoms with van der Waals surface area (Å²) in [5.74, 6) is 1.60. The zero-order valence-electron chi connectivity index (χ0n) is 19.4. The molecule has 34 heavy (non-hydrogen) atoms.